The van der Waals surface area contributed by atoms with Crippen molar-refractivity contribution in [1.29, 1.82) is 0 Å². The second-order valence-electron chi connectivity index (χ2n) is 2.33. The monoisotopic (exact) mass is 230 g/mol. The van der Waals surface area contributed by atoms with Crippen LogP contribution in [-0.2, 0) is 9.59 Å². The van der Waals surface area contributed by atoms with E-state index in [4.69, 9.17) is 27.6 Å². The molecule has 16 heavy (non-hydrogen) atoms. The van der Waals surface area contributed by atoms with E-state index in [0.29, 0.717) is 6.07 Å². The number of carboxylic acid groups (broad SMARTS) is 2. The van der Waals surface area contributed by atoms with Crippen molar-refractivity contribution in [2.45, 2.75) is 0 Å². The normalized spacial score (nSPS) is 9.06. The summed E-state index contributed by atoms with van der Waals surface area (Å²) >= 11 is 0. The molecule has 1 rings (SSSR count). The first-order valence-electron chi connectivity index (χ1n) is 3.58. The minimum absolute atomic E-state index is 0.682. The second-order valence-corrected chi connectivity index (χ2v) is 2.33. The zero-order valence-corrected chi connectivity index (χ0v) is 7.50. The zero-order chi connectivity index (χ0) is 12.9. The molecule has 8 heteroatoms. The van der Waals surface area contributed by atoms with Gasteiger partial charge in [0.2, 0.25) is 0 Å². The number of halogens is 3. The minimum atomic E-state index is -2.19. The number of benzene rings is 1. The third-order valence-corrected chi connectivity index (χ3v) is 1.25. The van der Waals surface area contributed by atoms with Crippen LogP contribution in [0.15, 0.2) is 12.1 Å². The summed E-state index contributed by atoms with van der Waals surface area (Å²) in [6.07, 6.45) is 0. The van der Waals surface area contributed by atoms with Crippen LogP contribution in [0.2, 0.25) is 0 Å². The van der Waals surface area contributed by atoms with Gasteiger partial charge in [-0.05, 0) is 0 Å². The molecule has 82 valence electrons. The molecule has 0 aliphatic rings. The maximum atomic E-state index is 12.3. The van der Waals surface area contributed by atoms with Gasteiger partial charge in [-0.15, -0.1) is 0 Å². The SMILES string of the molecule is O=C([O-])C(=O)[O-].[B+2]c1c(F)ccc(F)c1F. The average Bonchev–Trinajstić information content (AvgIpc) is 2.21. The van der Waals surface area contributed by atoms with Crippen LogP contribution in [0.1, 0.15) is 0 Å². The van der Waals surface area contributed by atoms with Gasteiger partial charge in [0.05, 0.1) is 11.9 Å². The molecule has 0 aliphatic heterocycles. The van der Waals surface area contributed by atoms with E-state index < -0.39 is 34.9 Å². The number of hydrogen-bond acceptors (Lipinski definition) is 4. The van der Waals surface area contributed by atoms with Crippen LogP contribution in [0.5, 0.6) is 0 Å². The molecule has 0 heterocycles. The molecule has 0 bridgehead atoms. The summed E-state index contributed by atoms with van der Waals surface area (Å²) in [4.78, 5) is 17.9. The fourth-order valence-electron chi connectivity index (χ4n) is 0.543. The topological polar surface area (TPSA) is 80.3 Å². The number of hydrogen-bond donors (Lipinski definition) is 0. The van der Waals surface area contributed by atoms with Crippen LogP contribution in [0.3, 0.4) is 0 Å². The van der Waals surface area contributed by atoms with Crippen molar-refractivity contribution in [2.24, 2.45) is 0 Å². The molecule has 0 atom stereocenters. The van der Waals surface area contributed by atoms with Gasteiger partial charge >= 0.3 is 56.1 Å². The van der Waals surface area contributed by atoms with E-state index in [-0.39, 0.29) is 0 Å². The Bertz CT molecular complexity index is 383. The fourth-order valence-corrected chi connectivity index (χ4v) is 0.543. The number of rotatable bonds is 0. The first kappa shape index (κ1) is 14.0. The van der Waals surface area contributed by atoms with Crippen LogP contribution in [0, 0.1) is 17.5 Å². The predicted molar refractivity (Wildman–Crippen MR) is 41.7 cm³/mol. The van der Waals surface area contributed by atoms with Gasteiger partial charge < -0.3 is 19.8 Å². The molecule has 0 saturated carbocycles. The van der Waals surface area contributed by atoms with Crippen LogP contribution in [0.25, 0.3) is 0 Å². The van der Waals surface area contributed by atoms with Crippen molar-refractivity contribution in [3.05, 3.63) is 29.6 Å². The molecule has 0 unspecified atom stereocenters. The predicted octanol–water partition coefficient (Wildman–Crippen LogP) is -2.62. The molecule has 0 amide bonds. The van der Waals surface area contributed by atoms with Gasteiger partial charge in [-0.2, -0.15) is 0 Å². The third-order valence-electron chi connectivity index (χ3n) is 1.25. The third kappa shape index (κ3) is 4.03. The molecule has 1 aromatic carbocycles. The van der Waals surface area contributed by atoms with E-state index in [2.05, 4.69) is 0 Å². The molecule has 0 saturated heterocycles. The van der Waals surface area contributed by atoms with Crippen molar-refractivity contribution in [3.8, 4) is 0 Å². The Balaban J connectivity index is 0.000000325. The van der Waals surface area contributed by atoms with Gasteiger partial charge in [-0.3, -0.25) is 0 Å². The molecule has 0 aliphatic carbocycles. The van der Waals surface area contributed by atoms with Gasteiger partial charge in [0.1, 0.15) is 0 Å². The molecule has 0 N–H and O–H groups in total. The van der Waals surface area contributed by atoms with Crippen molar-refractivity contribution < 1.29 is 33.0 Å². The van der Waals surface area contributed by atoms with Crippen LogP contribution in [0.4, 0.5) is 13.2 Å². The van der Waals surface area contributed by atoms with E-state index in [1.807, 2.05) is 0 Å². The van der Waals surface area contributed by atoms with Gasteiger partial charge in [0.15, 0.2) is 0 Å². The van der Waals surface area contributed by atoms with Gasteiger partial charge in [-0.25, -0.2) is 0 Å². The summed E-state index contributed by atoms with van der Waals surface area (Å²) in [6.45, 7) is 0. The maximum absolute atomic E-state index is 12.3. The van der Waals surface area contributed by atoms with Crippen LogP contribution >= 0.6 is 0 Å². The Morgan fingerprint density at radius 3 is 1.69 bits per heavy atom. The quantitative estimate of drug-likeness (QED) is 0.277. The number of carbonyl (C=O) groups excluding carboxylic acids is 2. The van der Waals surface area contributed by atoms with Crippen molar-refractivity contribution in [3.63, 3.8) is 0 Å². The number of carbonyl (C=O) groups is 2. The summed E-state index contributed by atoms with van der Waals surface area (Å²) in [5.74, 6) is -7.79. The van der Waals surface area contributed by atoms with E-state index in [9.17, 15) is 13.2 Å². The number of carboxylic acids is 2. The summed E-state index contributed by atoms with van der Waals surface area (Å²) in [7, 11) is 4.79. The van der Waals surface area contributed by atoms with Gasteiger partial charge in [-0.1, -0.05) is 0 Å². The Morgan fingerprint density at radius 2 is 1.38 bits per heavy atom. The standard InChI is InChI=1S/C6H2BF3.C2H2O4/c7-5-3(8)1-2-4(9)6(5)10;3-1(4)2(5)6/h1-2H;(H,3,4)(H,5,6)/q+2;/p-2. The first-order valence-corrected chi connectivity index (χ1v) is 3.58. The summed E-state index contributed by atoms with van der Waals surface area (Å²) < 4.78 is 36.6. The van der Waals surface area contributed by atoms with E-state index >= 15 is 0 Å². The second kappa shape index (κ2) is 5.79. The molecule has 0 radical (unpaired) electrons. The fraction of sp³-hybridized carbons (Fsp3) is 0. The summed E-state index contributed by atoms with van der Waals surface area (Å²) in [6, 6.07) is 1.45. The van der Waals surface area contributed by atoms with E-state index in [1.165, 1.54) is 0 Å². The molecule has 1 aromatic rings. The van der Waals surface area contributed by atoms with Crippen LogP contribution in [-0.4, -0.2) is 19.8 Å². The van der Waals surface area contributed by atoms with E-state index in [1.54, 1.807) is 0 Å². The zero-order valence-electron chi connectivity index (χ0n) is 7.50. The van der Waals surface area contributed by atoms with Crippen molar-refractivity contribution in [2.75, 3.05) is 0 Å². The first-order chi connectivity index (χ1) is 7.27. The molecule has 0 aromatic heterocycles. The Labute approximate surface area is 88.7 Å². The average molecular weight is 230 g/mol. The Hall–Kier alpha value is -1.99. The van der Waals surface area contributed by atoms with Crippen molar-refractivity contribution >= 4 is 25.2 Å². The number of aliphatic carboxylic acids is 2. The summed E-state index contributed by atoms with van der Waals surface area (Å²) in [5, 5.41) is 17.9. The van der Waals surface area contributed by atoms with Crippen molar-refractivity contribution in [1.82, 2.24) is 0 Å². The molecule has 4 nitrogen and oxygen atoms in total. The molecule has 0 spiro atoms. The van der Waals surface area contributed by atoms with Gasteiger partial charge in [0, 0.05) is 0 Å². The molecule has 0 fully saturated rings. The van der Waals surface area contributed by atoms with Gasteiger partial charge in [0.25, 0.3) is 0 Å². The van der Waals surface area contributed by atoms with E-state index in [0.717, 1.165) is 6.07 Å². The molecular weight excluding hydrogens is 228 g/mol. The Morgan fingerprint density at radius 1 is 1.00 bits per heavy atom. The van der Waals surface area contributed by atoms with Crippen LogP contribution < -0.4 is 15.7 Å². The Kier molecular flexibility index (Phi) is 5.07. The summed E-state index contributed by atoms with van der Waals surface area (Å²) in [5.41, 5.74) is -0.778. The molecular formula is C8H2BF3O4.